The quantitative estimate of drug-likeness (QED) is 0.211. The maximum Gasteiger partial charge on any atom is 0.375 e. The second-order valence-electron chi connectivity index (χ2n) is 5.42. The van der Waals surface area contributed by atoms with E-state index in [1.165, 1.54) is 13.0 Å². The molecule has 152 valence electrons. The number of amides is 1. The maximum atomic E-state index is 11.8. The number of benzene rings is 1. The Morgan fingerprint density at radius 1 is 1.25 bits per heavy atom. The molecule has 1 atom stereocenters. The highest BCUT2D eigenvalue weighted by Gasteiger charge is 2.21. The minimum absolute atomic E-state index is 0.0908. The molecule has 12 heteroatoms. The van der Waals surface area contributed by atoms with Gasteiger partial charge in [-0.25, -0.2) is 9.59 Å². The number of aliphatic carboxylic acids is 1. The molecule has 0 heterocycles. The number of hydrogen-bond donors (Lipinski definition) is 2. The van der Waals surface area contributed by atoms with Gasteiger partial charge in [0.15, 0.2) is 0 Å². The Morgan fingerprint density at radius 2 is 1.89 bits per heavy atom. The van der Waals surface area contributed by atoms with Crippen molar-refractivity contribution in [2.45, 2.75) is 26.2 Å². The smallest absolute Gasteiger partial charge is 0.375 e. The molecular formula is C16H18N2O9S. The Kier molecular flexibility index (Phi) is 9.43. The number of hydrogen-bond acceptors (Lipinski definition) is 9. The van der Waals surface area contributed by atoms with E-state index in [0.29, 0.717) is 11.1 Å². The summed E-state index contributed by atoms with van der Waals surface area (Å²) in [6.07, 6.45) is 0. The minimum atomic E-state index is -1.25. The van der Waals surface area contributed by atoms with Gasteiger partial charge in [-0.3, -0.25) is 9.59 Å². The van der Waals surface area contributed by atoms with Crippen molar-refractivity contribution in [3.8, 4) is 0 Å². The maximum absolute atomic E-state index is 11.8. The van der Waals surface area contributed by atoms with Gasteiger partial charge < -0.3 is 20.0 Å². The van der Waals surface area contributed by atoms with Crippen LogP contribution in [0, 0.1) is 10.1 Å². The molecule has 1 rings (SSSR count). The van der Waals surface area contributed by atoms with Gasteiger partial charge in [-0.1, -0.05) is 24.3 Å². The number of carbonyl (C=O) groups is 4. The number of carbonyl (C=O) groups excluding carboxylic acids is 3. The molecule has 11 nitrogen and oxygen atoms in total. The first-order valence-electron chi connectivity index (χ1n) is 7.81. The zero-order valence-corrected chi connectivity index (χ0v) is 15.6. The van der Waals surface area contributed by atoms with E-state index in [9.17, 15) is 29.3 Å². The van der Waals surface area contributed by atoms with Crippen LogP contribution in [0.4, 0.5) is 0 Å². The molecule has 0 fully saturated rings. The highest BCUT2D eigenvalue weighted by Crippen LogP contribution is 2.09. The predicted molar refractivity (Wildman–Crippen MR) is 95.6 cm³/mol. The lowest BCUT2D eigenvalue weighted by atomic mass is 10.1. The first-order chi connectivity index (χ1) is 13.2. The number of carboxylic acids is 1. The molecule has 28 heavy (non-hydrogen) atoms. The van der Waals surface area contributed by atoms with Gasteiger partial charge in [-0.05, 0) is 11.1 Å². The second-order valence-corrected chi connectivity index (χ2v) is 6.45. The van der Waals surface area contributed by atoms with Gasteiger partial charge in [0.25, 0.3) is 5.09 Å². The zero-order valence-electron chi connectivity index (χ0n) is 14.8. The molecule has 0 aromatic heterocycles. The molecule has 0 spiro atoms. The van der Waals surface area contributed by atoms with E-state index in [1.807, 2.05) is 0 Å². The fourth-order valence-corrected chi connectivity index (χ4v) is 2.80. The fourth-order valence-electron chi connectivity index (χ4n) is 1.91. The normalized spacial score (nSPS) is 11.2. The molecule has 1 aromatic rings. The van der Waals surface area contributed by atoms with E-state index < -0.39 is 34.8 Å². The number of nitrogens with zero attached hydrogens (tertiary/aromatic N) is 1. The number of thioether (sulfide) groups is 1. The third-order valence-corrected chi connectivity index (χ3v) is 4.15. The van der Waals surface area contributed by atoms with E-state index in [0.717, 1.165) is 11.8 Å². The first kappa shape index (κ1) is 22.9. The molecule has 0 aliphatic carbocycles. The summed E-state index contributed by atoms with van der Waals surface area (Å²) in [6.45, 7) is 0.691. The first-order valence-corrected chi connectivity index (χ1v) is 8.97. The van der Waals surface area contributed by atoms with Crippen LogP contribution in [-0.2, 0) is 42.0 Å². The van der Waals surface area contributed by atoms with Gasteiger partial charge in [0.2, 0.25) is 11.7 Å². The van der Waals surface area contributed by atoms with E-state index in [-0.39, 0.29) is 24.7 Å². The predicted octanol–water partition coefficient (Wildman–Crippen LogP) is 0.330. The average Bonchev–Trinajstić information content (AvgIpc) is 2.63. The van der Waals surface area contributed by atoms with Gasteiger partial charge in [-0.15, -0.1) is 10.1 Å². The standard InChI is InChI=1S/C16H18N2O9S/c1-10(19)17-13(15(21)22)8-28-9-14(20)16(23)26-6-11-3-2-4-12(5-11)7-27-18(24)25/h2-5,13H,6-9H2,1H3,(H,17,19)(H,21,22)/t13-/m0/s1. The summed E-state index contributed by atoms with van der Waals surface area (Å²) < 4.78 is 4.88. The SMILES string of the molecule is CC(=O)N[C@@H](CSCC(=O)C(=O)OCc1cccc(CO[N+](=O)[O-])c1)C(=O)O. The average molecular weight is 414 g/mol. The molecular weight excluding hydrogens is 396 g/mol. The van der Waals surface area contributed by atoms with Crippen LogP contribution >= 0.6 is 11.8 Å². The third-order valence-electron chi connectivity index (χ3n) is 3.12. The van der Waals surface area contributed by atoms with Crippen LogP contribution in [0.2, 0.25) is 0 Å². The van der Waals surface area contributed by atoms with Gasteiger partial charge in [-0.2, -0.15) is 11.8 Å². The summed E-state index contributed by atoms with van der Waals surface area (Å²) in [5, 5.41) is 20.4. The Morgan fingerprint density at radius 3 is 2.46 bits per heavy atom. The fraction of sp³-hybridized carbons (Fsp3) is 0.375. The van der Waals surface area contributed by atoms with Gasteiger partial charge in [0.05, 0.1) is 5.75 Å². The molecule has 0 saturated carbocycles. The number of nitrogens with one attached hydrogen (secondary N) is 1. The lowest BCUT2D eigenvalue weighted by molar-refractivity contribution is -0.763. The topological polar surface area (TPSA) is 162 Å². The summed E-state index contributed by atoms with van der Waals surface area (Å²) in [6, 6.07) is 5.14. The van der Waals surface area contributed by atoms with Crippen LogP contribution in [0.5, 0.6) is 0 Å². The molecule has 0 saturated heterocycles. The van der Waals surface area contributed by atoms with Gasteiger partial charge in [0.1, 0.15) is 19.3 Å². The number of ether oxygens (including phenoxy) is 1. The number of carboxylic acid groups (broad SMARTS) is 1. The number of esters is 1. The Bertz CT molecular complexity index is 753. The Balaban J connectivity index is 2.43. The summed E-state index contributed by atoms with van der Waals surface area (Å²) in [7, 11) is 0. The summed E-state index contributed by atoms with van der Waals surface area (Å²) in [5.41, 5.74) is 1.000. The van der Waals surface area contributed by atoms with Crippen molar-refractivity contribution in [2.24, 2.45) is 0 Å². The minimum Gasteiger partial charge on any atom is -0.480 e. The Hall–Kier alpha value is -3.15. The molecule has 0 radical (unpaired) electrons. The Labute approximate surface area is 163 Å². The van der Waals surface area contributed by atoms with Gasteiger partial charge in [0, 0.05) is 12.7 Å². The van der Waals surface area contributed by atoms with Crippen molar-refractivity contribution < 1.29 is 38.9 Å². The van der Waals surface area contributed by atoms with Gasteiger partial charge >= 0.3 is 11.9 Å². The van der Waals surface area contributed by atoms with E-state index in [1.54, 1.807) is 18.2 Å². The van der Waals surface area contributed by atoms with Crippen LogP contribution in [0.25, 0.3) is 0 Å². The summed E-state index contributed by atoms with van der Waals surface area (Å²) >= 11 is 0.875. The summed E-state index contributed by atoms with van der Waals surface area (Å²) in [4.78, 5) is 59.8. The number of ketones is 1. The van der Waals surface area contributed by atoms with Crippen molar-refractivity contribution in [2.75, 3.05) is 11.5 Å². The largest absolute Gasteiger partial charge is 0.480 e. The molecule has 0 aliphatic rings. The molecule has 0 unspecified atom stereocenters. The van der Waals surface area contributed by atoms with E-state index in [2.05, 4.69) is 10.2 Å². The molecule has 0 aliphatic heterocycles. The van der Waals surface area contributed by atoms with Crippen LogP contribution in [0.3, 0.4) is 0 Å². The van der Waals surface area contributed by atoms with Crippen molar-refractivity contribution in [1.82, 2.24) is 5.32 Å². The highest BCUT2D eigenvalue weighted by atomic mass is 32.2. The van der Waals surface area contributed by atoms with Crippen molar-refractivity contribution in [3.05, 3.63) is 45.5 Å². The summed E-state index contributed by atoms with van der Waals surface area (Å²) in [5.74, 6) is -4.12. The van der Waals surface area contributed by atoms with Crippen molar-refractivity contribution in [3.63, 3.8) is 0 Å². The van der Waals surface area contributed by atoms with Crippen LogP contribution < -0.4 is 5.32 Å². The lowest BCUT2D eigenvalue weighted by Crippen LogP contribution is -2.41. The molecule has 0 bridgehead atoms. The number of Topliss-reactive ketones (excluding diaryl/α,β-unsaturated/α-hetero) is 1. The van der Waals surface area contributed by atoms with Crippen LogP contribution in [0.15, 0.2) is 24.3 Å². The van der Waals surface area contributed by atoms with Crippen LogP contribution in [0.1, 0.15) is 18.1 Å². The van der Waals surface area contributed by atoms with E-state index >= 15 is 0 Å². The van der Waals surface area contributed by atoms with E-state index in [4.69, 9.17) is 9.84 Å². The molecule has 1 aromatic carbocycles. The van der Waals surface area contributed by atoms with Crippen molar-refractivity contribution in [1.29, 1.82) is 0 Å². The molecule has 1 amide bonds. The van der Waals surface area contributed by atoms with Crippen LogP contribution in [-0.4, -0.2) is 51.4 Å². The third kappa shape index (κ3) is 8.98. The number of rotatable bonds is 12. The molecule has 2 N–H and O–H groups in total. The second kappa shape index (κ2) is 11.5. The monoisotopic (exact) mass is 414 g/mol. The zero-order chi connectivity index (χ0) is 21.1. The van der Waals surface area contributed by atoms with Crippen molar-refractivity contribution >= 4 is 35.4 Å². The lowest BCUT2D eigenvalue weighted by Gasteiger charge is -2.12. The highest BCUT2D eigenvalue weighted by molar-refractivity contribution is 8.00.